The Morgan fingerprint density at radius 1 is 1.41 bits per heavy atom. The van der Waals surface area contributed by atoms with E-state index >= 15 is 0 Å². The predicted molar refractivity (Wildman–Crippen MR) is 85.8 cm³/mol. The standard InChI is InChI=1S/C17H26N2O3/c1-14-4-3-5-15(10-14)11-17(21)18(2)12-16(20)13-19-6-8-22-9-7-19/h3-5,10,16,20H,6-9,11-13H2,1-2H3. The number of nitrogens with zero attached hydrogens (tertiary/aromatic N) is 2. The van der Waals surface area contributed by atoms with Crippen molar-refractivity contribution < 1.29 is 14.6 Å². The van der Waals surface area contributed by atoms with Crippen molar-refractivity contribution in [1.82, 2.24) is 9.80 Å². The number of morpholine rings is 1. The van der Waals surface area contributed by atoms with Gasteiger partial charge in [-0.2, -0.15) is 0 Å². The molecule has 0 bridgehead atoms. The van der Waals surface area contributed by atoms with Gasteiger partial charge < -0.3 is 14.7 Å². The second-order valence-corrected chi connectivity index (χ2v) is 6.01. The highest BCUT2D eigenvalue weighted by Crippen LogP contribution is 2.07. The molecule has 0 saturated carbocycles. The SMILES string of the molecule is Cc1cccc(CC(=O)N(C)CC(O)CN2CCOCC2)c1. The number of aryl methyl sites for hydroxylation is 1. The Bertz CT molecular complexity index is 487. The van der Waals surface area contributed by atoms with Crippen LogP contribution in [-0.4, -0.2) is 73.4 Å². The molecular weight excluding hydrogens is 280 g/mol. The van der Waals surface area contributed by atoms with Crippen molar-refractivity contribution in [3.63, 3.8) is 0 Å². The Labute approximate surface area is 132 Å². The Kier molecular flexibility index (Phi) is 6.36. The zero-order chi connectivity index (χ0) is 15.9. The van der Waals surface area contributed by atoms with Crippen molar-refractivity contribution in [3.05, 3.63) is 35.4 Å². The first kappa shape index (κ1) is 16.9. The maximum Gasteiger partial charge on any atom is 0.226 e. The first-order chi connectivity index (χ1) is 10.5. The van der Waals surface area contributed by atoms with Crippen molar-refractivity contribution in [3.8, 4) is 0 Å². The Morgan fingerprint density at radius 3 is 2.82 bits per heavy atom. The van der Waals surface area contributed by atoms with Crippen LogP contribution in [0.5, 0.6) is 0 Å². The first-order valence-electron chi connectivity index (χ1n) is 7.82. The van der Waals surface area contributed by atoms with Crippen LogP contribution in [0.15, 0.2) is 24.3 Å². The highest BCUT2D eigenvalue weighted by molar-refractivity contribution is 5.78. The lowest BCUT2D eigenvalue weighted by atomic mass is 10.1. The number of likely N-dealkylation sites (N-methyl/N-ethyl adjacent to an activating group) is 1. The molecular formula is C17H26N2O3. The van der Waals surface area contributed by atoms with Gasteiger partial charge in [-0.1, -0.05) is 29.8 Å². The van der Waals surface area contributed by atoms with Gasteiger partial charge in [-0.15, -0.1) is 0 Å². The van der Waals surface area contributed by atoms with Crippen LogP contribution in [0.3, 0.4) is 0 Å². The molecule has 1 amide bonds. The number of rotatable bonds is 6. The average molecular weight is 306 g/mol. The highest BCUT2D eigenvalue weighted by atomic mass is 16.5. The third-order valence-electron chi connectivity index (χ3n) is 3.92. The molecule has 122 valence electrons. The molecule has 0 spiro atoms. The summed E-state index contributed by atoms with van der Waals surface area (Å²) in [5, 5.41) is 10.2. The number of hydrogen-bond acceptors (Lipinski definition) is 4. The van der Waals surface area contributed by atoms with E-state index in [1.54, 1.807) is 11.9 Å². The van der Waals surface area contributed by atoms with Crippen LogP contribution < -0.4 is 0 Å². The minimum atomic E-state index is -0.524. The van der Waals surface area contributed by atoms with Gasteiger partial charge in [-0.05, 0) is 12.5 Å². The smallest absolute Gasteiger partial charge is 0.226 e. The summed E-state index contributed by atoms with van der Waals surface area (Å²) in [4.78, 5) is 16.0. The summed E-state index contributed by atoms with van der Waals surface area (Å²) >= 11 is 0. The molecule has 1 heterocycles. The van der Waals surface area contributed by atoms with Crippen LogP contribution in [0.4, 0.5) is 0 Å². The summed E-state index contributed by atoms with van der Waals surface area (Å²) < 4.78 is 5.29. The van der Waals surface area contributed by atoms with Crippen molar-refractivity contribution in [2.45, 2.75) is 19.4 Å². The molecule has 1 atom stereocenters. The Morgan fingerprint density at radius 2 is 2.14 bits per heavy atom. The molecule has 1 aromatic carbocycles. The fraction of sp³-hybridized carbons (Fsp3) is 0.588. The summed E-state index contributed by atoms with van der Waals surface area (Å²) in [7, 11) is 1.75. The van der Waals surface area contributed by atoms with Gasteiger partial charge in [0.1, 0.15) is 0 Å². The third-order valence-corrected chi connectivity index (χ3v) is 3.92. The fourth-order valence-electron chi connectivity index (χ4n) is 2.69. The van der Waals surface area contributed by atoms with E-state index in [0.29, 0.717) is 19.5 Å². The first-order valence-corrected chi connectivity index (χ1v) is 7.82. The average Bonchev–Trinajstić information content (AvgIpc) is 2.48. The van der Waals surface area contributed by atoms with E-state index in [-0.39, 0.29) is 5.91 Å². The van der Waals surface area contributed by atoms with E-state index < -0.39 is 6.10 Å². The monoisotopic (exact) mass is 306 g/mol. The molecule has 0 aromatic heterocycles. The van der Waals surface area contributed by atoms with Crippen LogP contribution in [-0.2, 0) is 16.0 Å². The lowest BCUT2D eigenvalue weighted by molar-refractivity contribution is -0.130. The number of aliphatic hydroxyl groups is 1. The zero-order valence-electron chi connectivity index (χ0n) is 13.5. The van der Waals surface area contributed by atoms with Gasteiger partial charge >= 0.3 is 0 Å². The van der Waals surface area contributed by atoms with Crippen molar-refractivity contribution >= 4 is 5.91 Å². The number of β-amino-alcohol motifs (C(OH)–C–C–N with tert-alkyl or cyclic N) is 1. The molecule has 1 aliphatic rings. The Balaban J connectivity index is 1.77. The van der Waals surface area contributed by atoms with Gasteiger partial charge in [0.25, 0.3) is 0 Å². The summed E-state index contributed by atoms with van der Waals surface area (Å²) in [5.74, 6) is 0.0339. The second kappa shape index (κ2) is 8.27. The second-order valence-electron chi connectivity index (χ2n) is 6.01. The van der Waals surface area contributed by atoms with Gasteiger partial charge in [0.05, 0.1) is 25.7 Å². The molecule has 0 radical (unpaired) electrons. The van der Waals surface area contributed by atoms with E-state index in [4.69, 9.17) is 4.74 Å². The van der Waals surface area contributed by atoms with Crippen molar-refractivity contribution in [1.29, 1.82) is 0 Å². The molecule has 5 nitrogen and oxygen atoms in total. The van der Waals surface area contributed by atoms with E-state index in [2.05, 4.69) is 4.90 Å². The van der Waals surface area contributed by atoms with Crippen LogP contribution in [0.2, 0.25) is 0 Å². The number of benzene rings is 1. The fourth-order valence-corrected chi connectivity index (χ4v) is 2.69. The topological polar surface area (TPSA) is 53.0 Å². The normalized spacial score (nSPS) is 17.2. The quantitative estimate of drug-likeness (QED) is 0.840. The van der Waals surface area contributed by atoms with Gasteiger partial charge in [-0.3, -0.25) is 9.69 Å². The van der Waals surface area contributed by atoms with Gasteiger partial charge in [0, 0.05) is 33.2 Å². The minimum absolute atomic E-state index is 0.0339. The number of amides is 1. The van der Waals surface area contributed by atoms with Crippen molar-refractivity contribution in [2.24, 2.45) is 0 Å². The van der Waals surface area contributed by atoms with E-state index in [9.17, 15) is 9.90 Å². The maximum absolute atomic E-state index is 12.2. The molecule has 0 aliphatic carbocycles. The predicted octanol–water partition coefficient (Wildman–Crippen LogP) is 0.689. The van der Waals surface area contributed by atoms with Gasteiger partial charge in [-0.25, -0.2) is 0 Å². The number of aliphatic hydroxyl groups excluding tert-OH is 1. The largest absolute Gasteiger partial charge is 0.390 e. The van der Waals surface area contributed by atoms with Gasteiger partial charge in [0.2, 0.25) is 5.91 Å². The molecule has 22 heavy (non-hydrogen) atoms. The van der Waals surface area contributed by atoms with E-state index in [0.717, 1.165) is 37.4 Å². The highest BCUT2D eigenvalue weighted by Gasteiger charge is 2.18. The summed E-state index contributed by atoms with van der Waals surface area (Å²) in [6.07, 6.45) is -0.146. The number of hydrogen-bond donors (Lipinski definition) is 1. The number of ether oxygens (including phenoxy) is 1. The van der Waals surface area contributed by atoms with Crippen LogP contribution >= 0.6 is 0 Å². The Hall–Kier alpha value is -1.43. The third kappa shape index (κ3) is 5.40. The molecule has 1 fully saturated rings. The zero-order valence-corrected chi connectivity index (χ0v) is 13.5. The molecule has 1 saturated heterocycles. The van der Waals surface area contributed by atoms with Crippen molar-refractivity contribution in [2.75, 3.05) is 46.4 Å². The molecule has 1 aromatic rings. The maximum atomic E-state index is 12.2. The molecule has 5 heteroatoms. The number of carbonyl (C=O) groups excluding carboxylic acids is 1. The van der Waals surface area contributed by atoms with Gasteiger partial charge in [0.15, 0.2) is 0 Å². The van der Waals surface area contributed by atoms with E-state index in [1.165, 1.54) is 0 Å². The van der Waals surface area contributed by atoms with E-state index in [1.807, 2.05) is 31.2 Å². The summed E-state index contributed by atoms with van der Waals surface area (Å²) in [6.45, 7) is 6.09. The molecule has 1 N–H and O–H groups in total. The molecule has 1 aliphatic heterocycles. The minimum Gasteiger partial charge on any atom is -0.390 e. The lowest BCUT2D eigenvalue weighted by Crippen LogP contribution is -2.45. The molecule has 2 rings (SSSR count). The van der Waals surface area contributed by atoms with Crippen LogP contribution in [0.1, 0.15) is 11.1 Å². The molecule has 1 unspecified atom stereocenters. The summed E-state index contributed by atoms with van der Waals surface area (Å²) in [5.41, 5.74) is 2.17. The number of carbonyl (C=O) groups is 1. The van der Waals surface area contributed by atoms with Crippen LogP contribution in [0.25, 0.3) is 0 Å². The summed E-state index contributed by atoms with van der Waals surface area (Å²) in [6, 6.07) is 7.97. The van der Waals surface area contributed by atoms with Crippen LogP contribution in [0, 0.1) is 6.92 Å². The lowest BCUT2D eigenvalue weighted by Gasteiger charge is -2.30.